The molecule has 4 saturated carbocycles. The molecule has 0 radical (unpaired) electrons. The zero-order valence-electron chi connectivity index (χ0n) is 75.5. The molecule has 0 aromatic rings. The predicted octanol–water partition coefficient (Wildman–Crippen LogP) is -12.2. The lowest BCUT2D eigenvalue weighted by Crippen LogP contribution is -2.72. The maximum absolute atomic E-state index is 15.0. The number of carbonyl (C=O) groups excluding carboxylic acids is 6. The highest BCUT2D eigenvalue weighted by molar-refractivity contribution is 6.07. The van der Waals surface area contributed by atoms with Crippen molar-refractivity contribution < 1.29 is 148 Å². The molecule has 0 aromatic carbocycles. The van der Waals surface area contributed by atoms with Gasteiger partial charge in [0.1, 0.15) is 45.4 Å². The van der Waals surface area contributed by atoms with Crippen LogP contribution in [-0.4, -0.2) is 650 Å². The molecule has 135 heavy (non-hydrogen) atoms. The van der Waals surface area contributed by atoms with Crippen LogP contribution in [0.15, 0.2) is 11.4 Å². The van der Waals surface area contributed by atoms with Gasteiger partial charge in [-0.05, 0) is 0 Å². The molecule has 53 nitrogen and oxygen atoms in total. The maximum Gasteiger partial charge on any atom is 0.317 e. The van der Waals surface area contributed by atoms with Crippen molar-refractivity contribution >= 4 is 107 Å². The molecule has 2 bridgehead atoms. The molecule has 748 valence electrons. The summed E-state index contributed by atoms with van der Waals surface area (Å²) in [5.74, 6) is -12.4. The number of rotatable bonds is 30. The van der Waals surface area contributed by atoms with E-state index in [1.807, 2.05) is 0 Å². The highest BCUT2D eigenvalue weighted by Gasteiger charge is 2.66. The summed E-state index contributed by atoms with van der Waals surface area (Å²) in [6.07, 6.45) is -0.909. The topological polar surface area (TPSA) is 633 Å². The van der Waals surface area contributed by atoms with Gasteiger partial charge in [0, 0.05) is 272 Å². The summed E-state index contributed by atoms with van der Waals surface area (Å²) in [7, 11) is 0. The summed E-state index contributed by atoms with van der Waals surface area (Å²) in [5, 5.41) is 141. The average molecular weight is 1910 g/mol. The van der Waals surface area contributed by atoms with E-state index in [9.17, 15) is 148 Å². The molecule has 53 heteroatoms. The lowest BCUT2D eigenvalue weighted by Gasteiger charge is -2.52. The van der Waals surface area contributed by atoms with Crippen molar-refractivity contribution in [1.82, 2.24) is 114 Å². The fourth-order valence-corrected chi connectivity index (χ4v) is 21.0. The molecule has 12 fully saturated rings. The highest BCUT2D eigenvalue weighted by atomic mass is 16.4. The first-order valence-electron chi connectivity index (χ1n) is 45.4. The van der Waals surface area contributed by atoms with E-state index in [2.05, 4.69) is 27.0 Å². The lowest BCUT2D eigenvalue weighted by atomic mass is 9.99. The second kappa shape index (κ2) is 45.5. The highest BCUT2D eigenvalue weighted by Crippen LogP contribution is 2.47. The quantitative estimate of drug-likeness (QED) is 0.0297. The van der Waals surface area contributed by atoms with Crippen LogP contribution in [0.3, 0.4) is 0 Å². The van der Waals surface area contributed by atoms with Crippen molar-refractivity contribution in [1.29, 1.82) is 0 Å². The standard InChI is InChI=1S/C82H125N23O30/c106-51-61-35-98(102-21-17-88(43-71(120)121)5-1-84(39-67(112)113)9-13-92(47-75(128)129)53-79(102)25-63(79)108)33-59(37-100(61)104-23-19-90(45-73(124)125)7-3-86(41-69(116)117)11-15-94(49-77(132)133)55-81(104)27-65(81)110)96-29-57-31-97(32-58(30-96)83-57)60-34-99(103-22-18-89(44-72(122)123)6-2-85(40-68(114)115)10-14-93(48-76(130)131)54-80(103)26-64(80)109)36-62(52-107)101(38-60)105-24-20-91(46-74(126)127)8-4-87(42-70(118)119)12-16-95(50-78(134)135)56-82(105)28-66(82)111/h57-60,83H,1-50,53-56H2,(H,112,113)(H,114,115)(H,116,117)(H,118,119)(H,120,121)(H,122,123)(H,124,125)(H,126,127)(H,128,129)(H,130,131)(H,132,133)(H,134,135). The molecule has 6 atom stereocenters. The number of hydrogen-bond acceptors (Lipinski definition) is 41. The Bertz CT molecular complexity index is 4270. The fourth-order valence-electron chi connectivity index (χ4n) is 21.0. The predicted molar refractivity (Wildman–Crippen MR) is 462 cm³/mol. The summed E-state index contributed by atoms with van der Waals surface area (Å²) < 4.78 is 0. The molecule has 4 aliphatic carbocycles. The number of fused-ring (bicyclic) bond motifs is 2. The molecule has 0 amide bonds. The number of carboxylic acid groups (broad SMARTS) is 12. The van der Waals surface area contributed by atoms with Crippen LogP contribution >= 0.6 is 0 Å². The van der Waals surface area contributed by atoms with Crippen LogP contribution in [0.2, 0.25) is 0 Å². The first kappa shape index (κ1) is 104. The second-order valence-corrected chi connectivity index (χ2v) is 37.5. The maximum atomic E-state index is 15.0. The molecule has 6 unspecified atom stereocenters. The van der Waals surface area contributed by atoms with Gasteiger partial charge >= 0.3 is 71.6 Å². The van der Waals surface area contributed by atoms with Gasteiger partial charge in [0.15, 0.2) is 23.1 Å². The fraction of sp³-hybridized carbons (Fsp3) is 0.756. The van der Waals surface area contributed by atoms with Crippen molar-refractivity contribution in [2.24, 2.45) is 0 Å². The number of aliphatic carboxylic acids is 12. The third-order valence-electron chi connectivity index (χ3n) is 27.7. The van der Waals surface area contributed by atoms with E-state index in [4.69, 9.17) is 0 Å². The summed E-state index contributed by atoms with van der Waals surface area (Å²) in [6, 6.07) is -2.96. The van der Waals surface area contributed by atoms with Gasteiger partial charge in [-0.25, -0.2) is 39.6 Å². The molecule has 4 spiro atoms. The Labute approximate surface area is 775 Å². The Morgan fingerprint density at radius 3 is 0.607 bits per heavy atom. The van der Waals surface area contributed by atoms with Gasteiger partial charge in [-0.15, -0.1) is 0 Å². The third-order valence-corrected chi connectivity index (χ3v) is 27.7. The van der Waals surface area contributed by atoms with Crippen LogP contribution < -0.4 is 5.32 Å². The van der Waals surface area contributed by atoms with Crippen molar-refractivity contribution in [3.05, 3.63) is 11.4 Å². The number of carboxylic acids is 12. The monoisotopic (exact) mass is 1910 g/mol. The van der Waals surface area contributed by atoms with Gasteiger partial charge in [-0.2, -0.15) is 0 Å². The van der Waals surface area contributed by atoms with Crippen LogP contribution in [-0.2, 0) is 86.3 Å². The lowest BCUT2D eigenvalue weighted by molar-refractivity contribution is -0.143. The van der Waals surface area contributed by atoms with E-state index < -0.39 is 221 Å². The normalized spacial score (nSPS) is 29.8. The van der Waals surface area contributed by atoms with E-state index >= 15 is 0 Å². The van der Waals surface area contributed by atoms with E-state index in [1.165, 1.54) is 49.0 Å². The van der Waals surface area contributed by atoms with Gasteiger partial charge in [-0.1, -0.05) is 0 Å². The molecule has 0 aromatic heterocycles. The minimum Gasteiger partial charge on any atom is -0.480 e. The van der Waals surface area contributed by atoms with Crippen molar-refractivity contribution in [2.45, 2.75) is 72.0 Å². The summed E-state index contributed by atoms with van der Waals surface area (Å²) in [5.41, 5.74) is -6.90. The number of hydrazine groups is 4. The molecular formula is C82H125N23O30. The number of nitrogens with one attached hydrogen (secondary N) is 1. The number of hydrogen-bond donors (Lipinski definition) is 13. The molecule has 12 aliphatic rings. The Morgan fingerprint density at radius 1 is 0.252 bits per heavy atom. The Hall–Kier alpha value is -10.0. The zero-order chi connectivity index (χ0) is 97.7. The van der Waals surface area contributed by atoms with Crippen LogP contribution in [0.5, 0.6) is 0 Å². The van der Waals surface area contributed by atoms with Crippen LogP contribution in [0.4, 0.5) is 0 Å². The zero-order valence-corrected chi connectivity index (χ0v) is 75.5. The third kappa shape index (κ3) is 27.7. The summed E-state index contributed by atoms with van der Waals surface area (Å²) in [4.78, 5) is 264. The molecule has 8 aliphatic heterocycles. The minimum atomic E-state index is -1.68. The van der Waals surface area contributed by atoms with Crippen molar-refractivity contribution in [2.75, 3.05) is 327 Å². The van der Waals surface area contributed by atoms with Gasteiger partial charge in [0.05, 0.1) is 105 Å². The van der Waals surface area contributed by atoms with E-state index in [0.717, 1.165) is 0 Å². The Morgan fingerprint density at radius 2 is 0.422 bits per heavy atom. The summed E-state index contributed by atoms with van der Waals surface area (Å²) >= 11 is 0. The van der Waals surface area contributed by atoms with Crippen LogP contribution in [0.25, 0.3) is 0 Å². The van der Waals surface area contributed by atoms with E-state index in [-0.39, 0.29) is 284 Å². The first-order valence-corrected chi connectivity index (χ1v) is 45.4. The van der Waals surface area contributed by atoms with E-state index in [0.29, 0.717) is 0 Å². The van der Waals surface area contributed by atoms with Gasteiger partial charge in [0.2, 0.25) is 0 Å². The second-order valence-electron chi connectivity index (χ2n) is 37.5. The molecule has 13 N–H and O–H groups in total. The van der Waals surface area contributed by atoms with Gasteiger partial charge in [-0.3, -0.25) is 155 Å². The first-order chi connectivity index (χ1) is 64.0. The van der Waals surface area contributed by atoms with Crippen molar-refractivity contribution in [3.8, 4) is 0 Å². The molecule has 8 heterocycles. The molecule has 8 saturated heterocycles. The van der Waals surface area contributed by atoms with Gasteiger partial charge < -0.3 is 66.6 Å². The number of nitrogens with zero attached hydrogens (tertiary/aromatic N) is 22. The SMILES string of the molecule is O=C=C1CN(N2CCN(CC(=O)O)CCN(CC(=O)O)CCN(CC(=O)O)CC23CC3=O)CC(N2CC3CN(C4CN(N5CCN(CC(=O)O)CCN(CC(=O)O)CCN(CC(=O)O)CC56CC6=O)CC(=C=O)N(N5CCN(CC(=O)O)CCN(CC(=O)O)CCN(CC(=O)O)CC56CC6=O)C4)CC(C2)N3)CN1N1CCN(CC(=O)O)CCN(CC(=O)O)CCN(CC(=O)O)CC12CC2=O. The van der Waals surface area contributed by atoms with Crippen LogP contribution in [0, 0.1) is 0 Å². The summed E-state index contributed by atoms with van der Waals surface area (Å²) in [6.45, 7) is -11.5. The van der Waals surface area contributed by atoms with Gasteiger partial charge in [0.25, 0.3) is 0 Å². The number of carbonyl (C=O) groups is 16. The molecular weight excluding hydrogens is 1790 g/mol. The number of piperazine rings is 2. The minimum absolute atomic E-state index is 0.00255. The largest absolute Gasteiger partial charge is 0.480 e. The Balaban J connectivity index is 0.975. The smallest absolute Gasteiger partial charge is 0.317 e. The van der Waals surface area contributed by atoms with E-state index in [1.54, 1.807) is 49.9 Å². The average Bonchev–Trinajstić information content (AvgIpc) is 1.57. The number of Topliss-reactive ketones (excluding diaryl/α,β-unsaturated/α-hetero) is 4. The van der Waals surface area contributed by atoms with Crippen molar-refractivity contribution in [3.63, 3.8) is 0 Å². The molecule has 12 rings (SSSR count). The van der Waals surface area contributed by atoms with Crippen LogP contribution in [0.1, 0.15) is 25.7 Å². The Kier molecular flexibility index (Phi) is 35.0. The number of ketones is 4.